The zero-order chi connectivity index (χ0) is 11.2. The third-order valence-electron chi connectivity index (χ3n) is 1.12. The van der Waals surface area contributed by atoms with Crippen LogP contribution in [0.2, 0.25) is 0 Å². The van der Waals surface area contributed by atoms with Crippen LogP contribution in [0.15, 0.2) is 10.2 Å². The van der Waals surface area contributed by atoms with E-state index in [0.717, 1.165) is 23.5 Å². The standard InChI is InChI=1S/C8H12N4S2/c1-7(2,13-5-9)11-12-8(3,4)14-6-10/h1-4H3. The number of nitriles is 2. The number of thiocyanates is 2. The van der Waals surface area contributed by atoms with Crippen LogP contribution in [-0.4, -0.2) is 9.74 Å². The zero-order valence-electron chi connectivity index (χ0n) is 8.61. The Morgan fingerprint density at radius 2 is 1.14 bits per heavy atom. The first kappa shape index (κ1) is 13.3. The lowest BCUT2D eigenvalue weighted by Crippen LogP contribution is -2.14. The fourth-order valence-electron chi connectivity index (χ4n) is 0.505. The Kier molecular flexibility index (Phi) is 4.96. The summed E-state index contributed by atoms with van der Waals surface area (Å²) >= 11 is 2.09. The summed E-state index contributed by atoms with van der Waals surface area (Å²) in [5.74, 6) is 0. The summed E-state index contributed by atoms with van der Waals surface area (Å²) in [7, 11) is 0. The second kappa shape index (κ2) is 5.23. The number of azo groups is 1. The highest BCUT2D eigenvalue weighted by molar-refractivity contribution is 8.05. The van der Waals surface area contributed by atoms with Crippen LogP contribution in [0.4, 0.5) is 0 Å². The van der Waals surface area contributed by atoms with Crippen molar-refractivity contribution in [1.82, 2.24) is 0 Å². The average molecular weight is 228 g/mol. The summed E-state index contributed by atoms with van der Waals surface area (Å²) in [6.07, 6.45) is 0. The van der Waals surface area contributed by atoms with Crippen LogP contribution >= 0.6 is 23.5 Å². The van der Waals surface area contributed by atoms with Crippen LogP contribution in [0.3, 0.4) is 0 Å². The van der Waals surface area contributed by atoms with Crippen molar-refractivity contribution in [3.05, 3.63) is 0 Å². The number of nitrogens with zero attached hydrogens (tertiary/aromatic N) is 4. The van der Waals surface area contributed by atoms with Gasteiger partial charge in [0, 0.05) is 0 Å². The predicted molar refractivity (Wildman–Crippen MR) is 59.4 cm³/mol. The van der Waals surface area contributed by atoms with Crippen molar-refractivity contribution >= 4 is 23.5 Å². The predicted octanol–water partition coefficient (Wildman–Crippen LogP) is 3.34. The Morgan fingerprint density at radius 1 is 0.857 bits per heavy atom. The lowest BCUT2D eigenvalue weighted by molar-refractivity contribution is 0.617. The number of hydrogen-bond acceptors (Lipinski definition) is 6. The Bertz CT molecular complexity index is 265. The smallest absolute Gasteiger partial charge is 0.135 e. The van der Waals surface area contributed by atoms with Gasteiger partial charge in [-0.3, -0.25) is 0 Å². The molecule has 0 bridgehead atoms. The Hall–Kier alpha value is -0.720. The van der Waals surface area contributed by atoms with Crippen LogP contribution < -0.4 is 0 Å². The molecule has 0 aromatic rings. The van der Waals surface area contributed by atoms with E-state index in [-0.39, 0.29) is 0 Å². The molecule has 0 amide bonds. The largest absolute Gasteiger partial charge is 0.185 e. The molecule has 0 aliphatic carbocycles. The van der Waals surface area contributed by atoms with Gasteiger partial charge in [-0.25, -0.2) is 0 Å². The van der Waals surface area contributed by atoms with Gasteiger partial charge in [0.05, 0.1) is 0 Å². The molecule has 0 saturated carbocycles. The lowest BCUT2D eigenvalue weighted by atomic mass is 10.4. The van der Waals surface area contributed by atoms with E-state index in [9.17, 15) is 0 Å². The van der Waals surface area contributed by atoms with E-state index in [2.05, 4.69) is 10.2 Å². The van der Waals surface area contributed by atoms with E-state index in [4.69, 9.17) is 10.5 Å². The Labute approximate surface area is 92.8 Å². The van der Waals surface area contributed by atoms with Crippen molar-refractivity contribution in [3.8, 4) is 10.8 Å². The van der Waals surface area contributed by atoms with Crippen molar-refractivity contribution in [2.75, 3.05) is 0 Å². The normalized spacial score (nSPS) is 12.4. The van der Waals surface area contributed by atoms with E-state index in [1.165, 1.54) is 0 Å². The molecule has 0 aliphatic rings. The van der Waals surface area contributed by atoms with Gasteiger partial charge < -0.3 is 0 Å². The maximum Gasteiger partial charge on any atom is 0.135 e. The molecule has 0 N–H and O–H groups in total. The monoisotopic (exact) mass is 228 g/mol. The molecule has 0 aromatic carbocycles. The highest BCUT2D eigenvalue weighted by atomic mass is 32.2. The molecule has 76 valence electrons. The molecule has 0 unspecified atom stereocenters. The molecule has 0 heterocycles. The third kappa shape index (κ3) is 5.85. The van der Waals surface area contributed by atoms with Gasteiger partial charge in [-0.15, -0.1) is 0 Å². The quantitative estimate of drug-likeness (QED) is 0.546. The van der Waals surface area contributed by atoms with Crippen LogP contribution in [0.5, 0.6) is 0 Å². The van der Waals surface area contributed by atoms with Gasteiger partial charge in [0.25, 0.3) is 0 Å². The summed E-state index contributed by atoms with van der Waals surface area (Å²) in [4.78, 5) is -1.11. The van der Waals surface area contributed by atoms with Gasteiger partial charge in [-0.2, -0.15) is 20.8 Å². The third-order valence-corrected chi connectivity index (χ3v) is 2.47. The first-order valence-electron chi connectivity index (χ1n) is 3.91. The molecule has 0 aliphatic heterocycles. The van der Waals surface area contributed by atoms with E-state index < -0.39 is 9.74 Å². The van der Waals surface area contributed by atoms with Gasteiger partial charge in [0.1, 0.15) is 20.5 Å². The van der Waals surface area contributed by atoms with E-state index in [1.807, 2.05) is 10.8 Å². The van der Waals surface area contributed by atoms with Crippen molar-refractivity contribution in [2.45, 2.75) is 37.4 Å². The summed E-state index contributed by atoms with van der Waals surface area (Å²) in [6.45, 7) is 7.21. The molecule has 6 heteroatoms. The van der Waals surface area contributed by atoms with Crippen molar-refractivity contribution < 1.29 is 0 Å². The van der Waals surface area contributed by atoms with Gasteiger partial charge in [0.2, 0.25) is 0 Å². The van der Waals surface area contributed by atoms with Gasteiger partial charge in [0.15, 0.2) is 0 Å². The number of hydrogen-bond donors (Lipinski definition) is 0. The minimum atomic E-state index is -0.554. The summed E-state index contributed by atoms with van der Waals surface area (Å²) in [5, 5.41) is 29.0. The van der Waals surface area contributed by atoms with E-state index in [1.54, 1.807) is 27.7 Å². The topological polar surface area (TPSA) is 72.3 Å². The number of thioether (sulfide) groups is 2. The minimum absolute atomic E-state index is 0.554. The Balaban J connectivity index is 4.45. The molecule has 14 heavy (non-hydrogen) atoms. The highest BCUT2D eigenvalue weighted by Gasteiger charge is 2.22. The second-order valence-corrected chi connectivity index (χ2v) is 6.25. The minimum Gasteiger partial charge on any atom is -0.185 e. The van der Waals surface area contributed by atoms with Gasteiger partial charge in [-0.1, -0.05) is 0 Å². The molecule has 4 nitrogen and oxygen atoms in total. The van der Waals surface area contributed by atoms with Crippen LogP contribution in [0, 0.1) is 21.3 Å². The fraction of sp³-hybridized carbons (Fsp3) is 0.750. The SMILES string of the molecule is CC(C)(N=NC(C)(C)SC#N)SC#N. The van der Waals surface area contributed by atoms with Crippen molar-refractivity contribution in [1.29, 1.82) is 10.5 Å². The van der Waals surface area contributed by atoms with E-state index in [0.29, 0.717) is 0 Å². The summed E-state index contributed by atoms with van der Waals surface area (Å²) in [6, 6.07) is 0. The molecule has 0 atom stereocenters. The van der Waals surface area contributed by atoms with E-state index >= 15 is 0 Å². The molecule has 0 rings (SSSR count). The van der Waals surface area contributed by atoms with Gasteiger partial charge >= 0.3 is 0 Å². The van der Waals surface area contributed by atoms with Gasteiger partial charge in [-0.05, 0) is 51.2 Å². The second-order valence-electron chi connectivity index (χ2n) is 3.48. The molecule has 0 spiro atoms. The maximum atomic E-state index is 8.49. The lowest BCUT2D eigenvalue weighted by Gasteiger charge is -2.17. The number of rotatable bonds is 4. The summed E-state index contributed by atoms with van der Waals surface area (Å²) < 4.78 is 0. The molecule has 0 fully saturated rings. The molecular formula is C8H12N4S2. The van der Waals surface area contributed by atoms with Crippen LogP contribution in [0.25, 0.3) is 0 Å². The average Bonchev–Trinajstić information content (AvgIpc) is 2.01. The van der Waals surface area contributed by atoms with Crippen molar-refractivity contribution in [2.24, 2.45) is 10.2 Å². The summed E-state index contributed by atoms with van der Waals surface area (Å²) in [5.41, 5.74) is 0. The molecule has 0 aromatic heterocycles. The first-order valence-corrected chi connectivity index (χ1v) is 5.54. The molecule has 0 saturated heterocycles. The molecular weight excluding hydrogens is 216 g/mol. The van der Waals surface area contributed by atoms with Crippen LogP contribution in [-0.2, 0) is 0 Å². The maximum absolute atomic E-state index is 8.49. The zero-order valence-corrected chi connectivity index (χ0v) is 10.2. The highest BCUT2D eigenvalue weighted by Crippen LogP contribution is 2.30. The van der Waals surface area contributed by atoms with Crippen LogP contribution in [0.1, 0.15) is 27.7 Å². The first-order chi connectivity index (χ1) is 6.33. The fourth-order valence-corrected chi connectivity index (χ4v) is 1.12. The van der Waals surface area contributed by atoms with Crippen molar-refractivity contribution in [3.63, 3.8) is 0 Å². The molecule has 0 radical (unpaired) electrons. The Morgan fingerprint density at radius 3 is 1.36 bits per heavy atom.